The molecule has 0 saturated heterocycles. The summed E-state index contributed by atoms with van der Waals surface area (Å²) in [4.78, 5) is 21.0. The number of aromatic amines is 1. The molecule has 158 valence electrons. The van der Waals surface area contributed by atoms with Crippen molar-refractivity contribution >= 4 is 11.9 Å². The lowest BCUT2D eigenvalue weighted by molar-refractivity contribution is -0.149. The third kappa shape index (κ3) is 6.07. The summed E-state index contributed by atoms with van der Waals surface area (Å²) in [7, 11) is 0. The Morgan fingerprint density at radius 3 is 2.86 bits per heavy atom. The summed E-state index contributed by atoms with van der Waals surface area (Å²) in [5, 5.41) is 13.9. The number of rotatable bonds is 8. The first-order valence-electron chi connectivity index (χ1n) is 10.4. The molecule has 0 aliphatic heterocycles. The molecule has 9 nitrogen and oxygen atoms in total. The molecule has 0 radical (unpaired) electrons. The molecule has 0 bridgehead atoms. The monoisotopic (exact) mass is 402 g/mol. The van der Waals surface area contributed by atoms with E-state index in [4.69, 9.17) is 9.15 Å². The normalized spacial score (nSPS) is 19.7. The number of nitrogens with zero attached hydrogens (tertiary/aromatic N) is 3. The van der Waals surface area contributed by atoms with Gasteiger partial charge in [0.2, 0.25) is 5.82 Å². The van der Waals surface area contributed by atoms with Crippen LogP contribution < -0.4 is 10.6 Å². The van der Waals surface area contributed by atoms with Crippen molar-refractivity contribution in [2.75, 3.05) is 19.7 Å². The van der Waals surface area contributed by atoms with Crippen molar-refractivity contribution in [1.82, 2.24) is 25.8 Å². The second-order valence-electron chi connectivity index (χ2n) is 7.04. The van der Waals surface area contributed by atoms with Crippen molar-refractivity contribution in [3.8, 4) is 11.6 Å². The largest absolute Gasteiger partial charge is 0.466 e. The van der Waals surface area contributed by atoms with E-state index in [1.807, 2.05) is 26.0 Å². The van der Waals surface area contributed by atoms with Gasteiger partial charge < -0.3 is 19.8 Å². The molecule has 9 heteroatoms. The summed E-state index contributed by atoms with van der Waals surface area (Å²) >= 11 is 0. The number of ether oxygens (including phenoxy) is 1. The van der Waals surface area contributed by atoms with Crippen LogP contribution in [0.3, 0.4) is 0 Å². The van der Waals surface area contributed by atoms with Gasteiger partial charge >= 0.3 is 5.97 Å². The van der Waals surface area contributed by atoms with Gasteiger partial charge in [0.15, 0.2) is 11.7 Å². The van der Waals surface area contributed by atoms with Gasteiger partial charge in [-0.15, -0.1) is 0 Å². The summed E-state index contributed by atoms with van der Waals surface area (Å²) in [5.41, 5.74) is 0. The van der Waals surface area contributed by atoms with Gasteiger partial charge in [-0.3, -0.25) is 14.9 Å². The first-order chi connectivity index (χ1) is 14.2. The van der Waals surface area contributed by atoms with Crippen molar-refractivity contribution in [3.05, 3.63) is 24.2 Å². The summed E-state index contributed by atoms with van der Waals surface area (Å²) in [6, 6.07) is 3.95. The van der Waals surface area contributed by atoms with Crippen LogP contribution in [-0.4, -0.2) is 52.8 Å². The summed E-state index contributed by atoms with van der Waals surface area (Å²) < 4.78 is 10.4. The van der Waals surface area contributed by atoms with Crippen LogP contribution in [0.4, 0.5) is 0 Å². The number of guanidine groups is 1. The summed E-state index contributed by atoms with van der Waals surface area (Å²) in [6.45, 7) is 5.71. The fourth-order valence-electron chi connectivity index (χ4n) is 3.44. The van der Waals surface area contributed by atoms with E-state index in [9.17, 15) is 4.79 Å². The lowest BCUT2D eigenvalue weighted by atomic mass is 9.86. The lowest BCUT2D eigenvalue weighted by Gasteiger charge is -2.29. The van der Waals surface area contributed by atoms with Crippen molar-refractivity contribution in [3.63, 3.8) is 0 Å². The molecule has 1 saturated carbocycles. The van der Waals surface area contributed by atoms with Crippen LogP contribution in [0, 0.1) is 5.92 Å². The highest BCUT2D eigenvalue weighted by Crippen LogP contribution is 2.25. The molecule has 3 N–H and O–H groups in total. The number of carbonyl (C=O) groups is 1. The van der Waals surface area contributed by atoms with E-state index in [-0.39, 0.29) is 11.9 Å². The van der Waals surface area contributed by atoms with E-state index in [2.05, 4.69) is 30.8 Å². The smallest absolute Gasteiger partial charge is 0.308 e. The van der Waals surface area contributed by atoms with Crippen LogP contribution in [0.1, 0.15) is 45.4 Å². The zero-order valence-corrected chi connectivity index (χ0v) is 17.1. The van der Waals surface area contributed by atoms with Crippen LogP contribution >= 0.6 is 0 Å². The molecular weight excluding hydrogens is 372 g/mol. The molecule has 0 aromatic carbocycles. The minimum absolute atomic E-state index is 0.0299. The predicted octanol–water partition coefficient (Wildman–Crippen LogP) is 2.28. The zero-order chi connectivity index (χ0) is 20.5. The molecule has 0 amide bonds. The molecule has 1 fully saturated rings. The maximum Gasteiger partial charge on any atom is 0.308 e. The third-order valence-electron chi connectivity index (χ3n) is 4.92. The molecule has 3 rings (SSSR count). The molecule has 2 aromatic heterocycles. The Bertz CT molecular complexity index is 778. The molecule has 29 heavy (non-hydrogen) atoms. The van der Waals surface area contributed by atoms with Crippen molar-refractivity contribution in [1.29, 1.82) is 0 Å². The predicted molar refractivity (Wildman–Crippen MR) is 109 cm³/mol. The number of hydrogen-bond acceptors (Lipinski definition) is 6. The molecule has 1 aliphatic rings. The van der Waals surface area contributed by atoms with Crippen LogP contribution in [0.15, 0.2) is 27.8 Å². The van der Waals surface area contributed by atoms with E-state index in [1.165, 1.54) is 0 Å². The maximum atomic E-state index is 11.9. The van der Waals surface area contributed by atoms with E-state index in [1.54, 1.807) is 6.26 Å². The Balaban J connectivity index is 1.47. The maximum absolute atomic E-state index is 11.9. The fourth-order valence-corrected chi connectivity index (χ4v) is 3.44. The molecule has 1 aliphatic carbocycles. The van der Waals surface area contributed by atoms with Gasteiger partial charge in [0.1, 0.15) is 5.82 Å². The lowest BCUT2D eigenvalue weighted by Crippen LogP contribution is -2.45. The number of hydrogen-bond donors (Lipinski definition) is 3. The van der Waals surface area contributed by atoms with Crippen molar-refractivity contribution in [2.24, 2.45) is 10.9 Å². The second-order valence-corrected chi connectivity index (χ2v) is 7.04. The standard InChI is InChI=1S/C20H30N6O3/c1-3-21-20(23-15-9-7-14(8-10-15)19(27)28-4-2)22-12-11-17-24-18(26-25-17)16-6-5-13-29-16/h5-6,13-15H,3-4,7-12H2,1-2H3,(H2,21,22,23)(H,24,25,26). The molecule has 0 atom stereocenters. The molecular formula is C20H30N6O3. The number of furan rings is 1. The average Bonchev–Trinajstić information content (AvgIpc) is 3.41. The molecule has 0 unspecified atom stereocenters. The first kappa shape index (κ1) is 20.9. The highest BCUT2D eigenvalue weighted by atomic mass is 16.5. The van der Waals surface area contributed by atoms with Gasteiger partial charge in [0, 0.05) is 25.6 Å². The minimum Gasteiger partial charge on any atom is -0.466 e. The number of H-pyrrole nitrogens is 1. The Morgan fingerprint density at radius 1 is 1.34 bits per heavy atom. The van der Waals surface area contributed by atoms with Gasteiger partial charge in [-0.2, -0.15) is 5.10 Å². The number of aliphatic imine (C=N–C) groups is 1. The SMILES string of the molecule is CCNC(=NCCc1nc(-c2ccco2)n[nH]1)NC1CCC(C(=O)OCC)CC1. The van der Waals surface area contributed by atoms with Gasteiger partial charge in [0.05, 0.1) is 18.8 Å². The highest BCUT2D eigenvalue weighted by molar-refractivity contribution is 5.80. The van der Waals surface area contributed by atoms with Crippen LogP contribution in [0.2, 0.25) is 0 Å². The zero-order valence-electron chi connectivity index (χ0n) is 17.1. The van der Waals surface area contributed by atoms with Gasteiger partial charge in [-0.1, -0.05) is 0 Å². The first-order valence-corrected chi connectivity index (χ1v) is 10.4. The topological polar surface area (TPSA) is 117 Å². The Labute approximate surface area is 170 Å². The molecule has 0 spiro atoms. The average molecular weight is 402 g/mol. The van der Waals surface area contributed by atoms with E-state index in [0.717, 1.165) is 44.0 Å². The second kappa shape index (κ2) is 10.6. The van der Waals surface area contributed by atoms with E-state index in [0.29, 0.717) is 37.2 Å². The van der Waals surface area contributed by atoms with Crippen LogP contribution in [-0.2, 0) is 16.0 Å². The van der Waals surface area contributed by atoms with E-state index < -0.39 is 0 Å². The number of esters is 1. The van der Waals surface area contributed by atoms with Gasteiger partial charge in [0.25, 0.3) is 0 Å². The van der Waals surface area contributed by atoms with Crippen LogP contribution in [0.5, 0.6) is 0 Å². The van der Waals surface area contributed by atoms with Crippen molar-refractivity contribution in [2.45, 2.75) is 52.0 Å². The minimum atomic E-state index is -0.0625. The quantitative estimate of drug-likeness (QED) is 0.352. The van der Waals surface area contributed by atoms with Crippen LogP contribution in [0.25, 0.3) is 11.6 Å². The fraction of sp³-hybridized carbons (Fsp3) is 0.600. The highest BCUT2D eigenvalue weighted by Gasteiger charge is 2.27. The Kier molecular flexibility index (Phi) is 7.66. The van der Waals surface area contributed by atoms with Crippen molar-refractivity contribution < 1.29 is 13.9 Å². The number of carbonyl (C=O) groups excluding carboxylic acids is 1. The summed E-state index contributed by atoms with van der Waals surface area (Å²) in [5.74, 6) is 2.72. The number of aromatic nitrogens is 3. The molecule has 2 aromatic rings. The third-order valence-corrected chi connectivity index (χ3v) is 4.92. The van der Waals surface area contributed by atoms with E-state index >= 15 is 0 Å². The Hall–Kier alpha value is -2.84. The summed E-state index contributed by atoms with van der Waals surface area (Å²) in [6.07, 6.45) is 5.82. The van der Waals surface area contributed by atoms with Gasteiger partial charge in [-0.25, -0.2) is 4.98 Å². The number of nitrogens with one attached hydrogen (secondary N) is 3. The Morgan fingerprint density at radius 2 is 2.17 bits per heavy atom. The van der Waals surface area contributed by atoms with Gasteiger partial charge in [-0.05, 0) is 51.7 Å². The molecule has 2 heterocycles.